The van der Waals surface area contributed by atoms with Crippen molar-refractivity contribution >= 4 is 11.6 Å². The van der Waals surface area contributed by atoms with Crippen LogP contribution in [0, 0.1) is 12.7 Å². The molecule has 0 atom stereocenters. The van der Waals surface area contributed by atoms with E-state index >= 15 is 0 Å². The Kier molecular flexibility index (Phi) is 4.79. The second-order valence-electron chi connectivity index (χ2n) is 1.73. The summed E-state index contributed by atoms with van der Waals surface area (Å²) in [5.74, 6) is -0.359. The number of hydrogen-bond acceptors (Lipinski definition) is 1. The molecule has 0 fully saturated rings. The van der Waals surface area contributed by atoms with Crippen molar-refractivity contribution in [1.82, 2.24) is 4.98 Å². The quantitative estimate of drug-likeness (QED) is 0.590. The summed E-state index contributed by atoms with van der Waals surface area (Å²) < 4.78 is 12.4. The van der Waals surface area contributed by atoms with Gasteiger partial charge in [-0.2, -0.15) is 0 Å². The first-order valence-electron chi connectivity index (χ1n) is 3.47. The monoisotopic (exact) mass is 175 g/mol. The Balaban J connectivity index is 0.000000461. The maximum atomic E-state index is 12.4. The zero-order valence-corrected chi connectivity index (χ0v) is 7.61. The molecular formula is C8H11ClFN. The third kappa shape index (κ3) is 2.85. The van der Waals surface area contributed by atoms with Crippen molar-refractivity contribution in [2.75, 3.05) is 0 Å². The topological polar surface area (TPSA) is 12.9 Å². The van der Waals surface area contributed by atoms with Crippen molar-refractivity contribution in [2.24, 2.45) is 0 Å². The van der Waals surface area contributed by atoms with Crippen LogP contribution < -0.4 is 0 Å². The van der Waals surface area contributed by atoms with Gasteiger partial charge >= 0.3 is 0 Å². The van der Waals surface area contributed by atoms with Crippen molar-refractivity contribution < 1.29 is 4.39 Å². The van der Waals surface area contributed by atoms with Crippen LogP contribution in [0.1, 0.15) is 19.4 Å². The van der Waals surface area contributed by atoms with Gasteiger partial charge < -0.3 is 0 Å². The Bertz CT molecular complexity index is 205. The molecule has 0 aliphatic carbocycles. The second-order valence-corrected chi connectivity index (χ2v) is 2.14. The Morgan fingerprint density at radius 3 is 2.27 bits per heavy atom. The molecule has 0 amide bonds. The molecule has 0 aliphatic heterocycles. The van der Waals surface area contributed by atoms with Crippen LogP contribution in [0.4, 0.5) is 4.39 Å². The van der Waals surface area contributed by atoms with Gasteiger partial charge in [-0.25, -0.2) is 4.39 Å². The molecule has 1 aromatic rings. The van der Waals surface area contributed by atoms with Crippen molar-refractivity contribution in [3.8, 4) is 0 Å². The van der Waals surface area contributed by atoms with E-state index in [-0.39, 0.29) is 5.82 Å². The smallest absolute Gasteiger partial charge is 0.145 e. The van der Waals surface area contributed by atoms with Gasteiger partial charge in [0.25, 0.3) is 0 Å². The number of halogens is 2. The lowest BCUT2D eigenvalue weighted by molar-refractivity contribution is 0.612. The second kappa shape index (κ2) is 5.08. The largest absolute Gasteiger partial charge is 0.260 e. The molecule has 0 spiro atoms. The maximum Gasteiger partial charge on any atom is 0.145 e. The third-order valence-corrected chi connectivity index (χ3v) is 1.47. The lowest BCUT2D eigenvalue weighted by Gasteiger charge is -1.94. The van der Waals surface area contributed by atoms with E-state index in [2.05, 4.69) is 4.98 Å². The molecule has 3 heteroatoms. The summed E-state index contributed by atoms with van der Waals surface area (Å²) in [4.78, 5) is 3.54. The van der Waals surface area contributed by atoms with Gasteiger partial charge in [0.1, 0.15) is 5.82 Å². The summed E-state index contributed by atoms with van der Waals surface area (Å²) >= 11 is 5.51. The Hall–Kier alpha value is -0.630. The lowest BCUT2D eigenvalue weighted by Crippen LogP contribution is -1.83. The summed E-state index contributed by atoms with van der Waals surface area (Å²) in [5, 5.41) is 0.370. The fourth-order valence-electron chi connectivity index (χ4n) is 0.476. The van der Waals surface area contributed by atoms with Crippen LogP contribution in [0.25, 0.3) is 0 Å². The van der Waals surface area contributed by atoms with Crippen LogP contribution in [0.2, 0.25) is 5.02 Å². The molecule has 0 saturated carbocycles. The van der Waals surface area contributed by atoms with Gasteiger partial charge in [0.05, 0.1) is 11.2 Å². The highest BCUT2D eigenvalue weighted by atomic mass is 35.5. The summed E-state index contributed by atoms with van der Waals surface area (Å²) in [6, 6.07) is 0. The molecule has 1 aromatic heterocycles. The fraction of sp³-hybridized carbons (Fsp3) is 0.375. The lowest BCUT2D eigenvalue weighted by atomic mass is 10.3. The zero-order chi connectivity index (χ0) is 8.85. The predicted molar refractivity (Wildman–Crippen MR) is 45.3 cm³/mol. The Labute approximate surface area is 71.2 Å². The van der Waals surface area contributed by atoms with E-state index in [4.69, 9.17) is 11.6 Å². The molecule has 0 aliphatic rings. The SMILES string of the molecule is CC.Cc1c(F)cncc1Cl. The van der Waals surface area contributed by atoms with Crippen molar-refractivity contribution in [3.63, 3.8) is 0 Å². The molecule has 0 bridgehead atoms. The first-order chi connectivity index (χ1) is 5.22. The molecular weight excluding hydrogens is 165 g/mol. The van der Waals surface area contributed by atoms with Crippen LogP contribution in [0.3, 0.4) is 0 Å². The first-order valence-corrected chi connectivity index (χ1v) is 3.85. The standard InChI is InChI=1S/C6H5ClFN.C2H6/c1-4-5(7)2-9-3-6(4)8;1-2/h2-3H,1H3;1-2H3. The first kappa shape index (κ1) is 10.4. The van der Waals surface area contributed by atoms with Gasteiger partial charge in [-0.05, 0) is 6.92 Å². The summed E-state index contributed by atoms with van der Waals surface area (Å²) in [6.45, 7) is 5.61. The normalized spacial score (nSPS) is 8.45. The van der Waals surface area contributed by atoms with E-state index in [1.54, 1.807) is 6.92 Å². The third-order valence-electron chi connectivity index (χ3n) is 1.09. The molecule has 0 N–H and O–H groups in total. The van der Waals surface area contributed by atoms with E-state index < -0.39 is 0 Å². The number of hydrogen-bond donors (Lipinski definition) is 0. The van der Waals surface area contributed by atoms with E-state index in [9.17, 15) is 4.39 Å². The highest BCUT2D eigenvalue weighted by molar-refractivity contribution is 6.31. The zero-order valence-electron chi connectivity index (χ0n) is 6.86. The number of nitrogens with zero attached hydrogens (tertiary/aromatic N) is 1. The molecule has 0 unspecified atom stereocenters. The predicted octanol–water partition coefficient (Wildman–Crippen LogP) is 3.21. The van der Waals surface area contributed by atoms with Crippen LogP contribution >= 0.6 is 11.6 Å². The van der Waals surface area contributed by atoms with Gasteiger partial charge in [0.2, 0.25) is 0 Å². The Morgan fingerprint density at radius 2 is 1.91 bits per heavy atom. The van der Waals surface area contributed by atoms with E-state index in [1.807, 2.05) is 13.8 Å². The summed E-state index contributed by atoms with van der Waals surface area (Å²) in [7, 11) is 0. The van der Waals surface area contributed by atoms with Crippen LogP contribution in [0.15, 0.2) is 12.4 Å². The van der Waals surface area contributed by atoms with E-state index in [0.29, 0.717) is 10.6 Å². The molecule has 1 heterocycles. The molecule has 11 heavy (non-hydrogen) atoms. The summed E-state index contributed by atoms with van der Waals surface area (Å²) in [5.41, 5.74) is 0.451. The minimum atomic E-state index is -0.359. The number of aromatic nitrogens is 1. The fourth-order valence-corrected chi connectivity index (χ4v) is 0.622. The molecule has 0 radical (unpaired) electrons. The van der Waals surface area contributed by atoms with Crippen molar-refractivity contribution in [2.45, 2.75) is 20.8 Å². The van der Waals surface area contributed by atoms with Crippen LogP contribution in [0.5, 0.6) is 0 Å². The summed E-state index contributed by atoms with van der Waals surface area (Å²) in [6.07, 6.45) is 2.56. The van der Waals surface area contributed by atoms with Crippen LogP contribution in [-0.2, 0) is 0 Å². The van der Waals surface area contributed by atoms with Crippen molar-refractivity contribution in [1.29, 1.82) is 0 Å². The minimum Gasteiger partial charge on any atom is -0.260 e. The maximum absolute atomic E-state index is 12.4. The molecule has 1 rings (SSSR count). The Morgan fingerprint density at radius 1 is 1.36 bits per heavy atom. The molecule has 1 nitrogen and oxygen atoms in total. The van der Waals surface area contributed by atoms with Crippen LogP contribution in [-0.4, -0.2) is 4.98 Å². The minimum absolute atomic E-state index is 0.359. The highest BCUT2D eigenvalue weighted by Crippen LogP contribution is 2.14. The number of pyridine rings is 1. The van der Waals surface area contributed by atoms with Gasteiger partial charge in [-0.15, -0.1) is 0 Å². The van der Waals surface area contributed by atoms with Gasteiger partial charge in [-0.1, -0.05) is 25.4 Å². The van der Waals surface area contributed by atoms with Gasteiger partial charge in [-0.3, -0.25) is 4.98 Å². The molecule has 62 valence electrons. The average Bonchev–Trinajstić information content (AvgIpc) is 2.04. The van der Waals surface area contributed by atoms with Gasteiger partial charge in [0.15, 0.2) is 0 Å². The average molecular weight is 176 g/mol. The van der Waals surface area contributed by atoms with Crippen molar-refractivity contribution in [3.05, 3.63) is 28.8 Å². The van der Waals surface area contributed by atoms with Gasteiger partial charge in [0, 0.05) is 11.8 Å². The molecule has 0 aromatic carbocycles. The number of rotatable bonds is 0. The molecule has 0 saturated heterocycles. The van der Waals surface area contributed by atoms with E-state index in [0.717, 1.165) is 6.20 Å². The van der Waals surface area contributed by atoms with E-state index in [1.165, 1.54) is 6.20 Å². The highest BCUT2D eigenvalue weighted by Gasteiger charge is 1.99.